The van der Waals surface area contributed by atoms with Crippen LogP contribution in [0.4, 0.5) is 0 Å². The van der Waals surface area contributed by atoms with Crippen LogP contribution in [0.2, 0.25) is 0 Å². The van der Waals surface area contributed by atoms with Gasteiger partial charge in [-0.15, -0.1) is 0 Å². The minimum Gasteiger partial charge on any atom is -0.463 e. The molecule has 0 aliphatic carbocycles. The van der Waals surface area contributed by atoms with Crippen LogP contribution in [-0.4, -0.2) is 54.3 Å². The average molecular weight is 870 g/mol. The summed E-state index contributed by atoms with van der Waals surface area (Å²) in [5.74, 6) is -0.663. The standard InChI is InChI=1S/C51H84NO8P/c1-3-5-7-9-11-13-15-17-19-21-23-24-26-27-29-31-33-35-37-39-41-43-50(54)52-45-46-59-61(56,57)60-48-49(53)47-58-51(55)44-42-40-38-36-34-32-30-28-25-22-20-18-16-14-12-10-8-6-4-2/h5,7,11-14,17-20,23-24,27,29,33,35,39,41,49,53H,3-4,6,8-10,15-16,21-22,25-26,28,30-32,34,36-38,40,42-48H2,1-2H3,(H,52,54)(H,56,57)/b7-5-,13-11-,14-12-,19-17-,20-18-,24-23-,29-27-,35-33-,41-39-. The van der Waals surface area contributed by atoms with E-state index in [2.05, 4.69) is 110 Å². The zero-order valence-electron chi connectivity index (χ0n) is 38.1. The molecule has 0 aromatic rings. The van der Waals surface area contributed by atoms with Gasteiger partial charge in [0.2, 0.25) is 5.91 Å². The Hall–Kier alpha value is -3.33. The minimum atomic E-state index is -4.45. The Bertz CT molecular complexity index is 1360. The van der Waals surface area contributed by atoms with Crippen LogP contribution in [0.1, 0.15) is 168 Å². The lowest BCUT2D eigenvalue weighted by molar-refractivity contribution is -0.147. The number of carbonyl (C=O) groups excluding carboxylic acids is 2. The first kappa shape index (κ1) is 57.7. The molecule has 9 nitrogen and oxygen atoms in total. The van der Waals surface area contributed by atoms with E-state index in [0.29, 0.717) is 6.42 Å². The van der Waals surface area contributed by atoms with Crippen LogP contribution in [0.3, 0.4) is 0 Å². The van der Waals surface area contributed by atoms with Crippen molar-refractivity contribution in [3.8, 4) is 0 Å². The van der Waals surface area contributed by atoms with Crippen molar-refractivity contribution in [3.05, 3.63) is 109 Å². The number of rotatable bonds is 42. The molecule has 346 valence electrons. The van der Waals surface area contributed by atoms with Gasteiger partial charge in [0.25, 0.3) is 0 Å². The lowest BCUT2D eigenvalue weighted by Gasteiger charge is -2.15. The lowest BCUT2D eigenvalue weighted by Crippen LogP contribution is -2.26. The Labute approximate surface area is 371 Å². The highest BCUT2D eigenvalue weighted by molar-refractivity contribution is 7.47. The van der Waals surface area contributed by atoms with Crippen molar-refractivity contribution in [2.45, 2.75) is 174 Å². The van der Waals surface area contributed by atoms with E-state index in [-0.39, 0.29) is 38.5 Å². The van der Waals surface area contributed by atoms with Gasteiger partial charge in [0, 0.05) is 19.4 Å². The van der Waals surface area contributed by atoms with Gasteiger partial charge in [-0.2, -0.15) is 0 Å². The van der Waals surface area contributed by atoms with Gasteiger partial charge < -0.3 is 20.1 Å². The van der Waals surface area contributed by atoms with Crippen LogP contribution in [0.15, 0.2) is 109 Å². The predicted octanol–water partition coefficient (Wildman–Crippen LogP) is 13.5. The van der Waals surface area contributed by atoms with Crippen molar-refractivity contribution >= 4 is 19.7 Å². The fourth-order valence-electron chi connectivity index (χ4n) is 5.72. The van der Waals surface area contributed by atoms with Gasteiger partial charge in [-0.3, -0.25) is 18.6 Å². The maximum atomic E-state index is 12.1. The highest BCUT2D eigenvalue weighted by Crippen LogP contribution is 2.42. The first-order valence-electron chi connectivity index (χ1n) is 23.4. The van der Waals surface area contributed by atoms with Gasteiger partial charge in [-0.05, 0) is 83.5 Å². The average Bonchev–Trinajstić information content (AvgIpc) is 3.25. The van der Waals surface area contributed by atoms with E-state index in [4.69, 9.17) is 13.8 Å². The van der Waals surface area contributed by atoms with Crippen LogP contribution in [0.25, 0.3) is 0 Å². The zero-order chi connectivity index (χ0) is 44.6. The second-order valence-corrected chi connectivity index (χ2v) is 16.5. The Balaban J connectivity index is 3.73. The topological polar surface area (TPSA) is 131 Å². The molecule has 10 heteroatoms. The lowest BCUT2D eigenvalue weighted by atomic mass is 10.1. The molecule has 0 aliphatic heterocycles. The molecule has 0 saturated heterocycles. The molecule has 3 N–H and O–H groups in total. The molecule has 0 aromatic heterocycles. The second-order valence-electron chi connectivity index (χ2n) is 15.0. The van der Waals surface area contributed by atoms with E-state index in [0.717, 1.165) is 77.0 Å². The van der Waals surface area contributed by atoms with E-state index in [9.17, 15) is 24.2 Å². The van der Waals surface area contributed by atoms with E-state index in [1.54, 1.807) is 6.08 Å². The molecule has 0 fully saturated rings. The number of hydrogen-bond donors (Lipinski definition) is 3. The van der Waals surface area contributed by atoms with Crippen molar-refractivity contribution in [2.75, 3.05) is 26.4 Å². The number of allylic oxidation sites excluding steroid dienone is 17. The number of carbonyl (C=O) groups is 2. The molecule has 1 amide bonds. The number of ether oxygens (including phenoxy) is 1. The number of nitrogens with one attached hydrogen (secondary N) is 1. The summed E-state index contributed by atoms with van der Waals surface area (Å²) in [7, 11) is -4.45. The van der Waals surface area contributed by atoms with Gasteiger partial charge in [-0.25, -0.2) is 4.57 Å². The number of phosphoric acid groups is 1. The third kappa shape index (κ3) is 47.6. The Kier molecular flexibility index (Phi) is 43.7. The fourth-order valence-corrected chi connectivity index (χ4v) is 6.48. The van der Waals surface area contributed by atoms with Gasteiger partial charge >= 0.3 is 13.8 Å². The number of aliphatic hydroxyl groups excluding tert-OH is 1. The van der Waals surface area contributed by atoms with Crippen LogP contribution < -0.4 is 5.32 Å². The van der Waals surface area contributed by atoms with Gasteiger partial charge in [0.15, 0.2) is 0 Å². The Morgan fingerprint density at radius 3 is 1.46 bits per heavy atom. The smallest absolute Gasteiger partial charge is 0.463 e. The Morgan fingerprint density at radius 2 is 0.967 bits per heavy atom. The third-order valence-electron chi connectivity index (χ3n) is 9.22. The molecular formula is C51H84NO8P. The van der Waals surface area contributed by atoms with Crippen LogP contribution in [0.5, 0.6) is 0 Å². The van der Waals surface area contributed by atoms with E-state index >= 15 is 0 Å². The summed E-state index contributed by atoms with van der Waals surface area (Å²) in [5, 5.41) is 12.6. The molecule has 2 unspecified atom stereocenters. The highest BCUT2D eigenvalue weighted by atomic mass is 31.2. The monoisotopic (exact) mass is 870 g/mol. The summed E-state index contributed by atoms with van der Waals surface area (Å²) >= 11 is 0. The molecule has 0 aliphatic rings. The van der Waals surface area contributed by atoms with Crippen molar-refractivity contribution < 1.29 is 37.9 Å². The maximum absolute atomic E-state index is 12.1. The van der Waals surface area contributed by atoms with Crippen LogP contribution >= 0.6 is 7.82 Å². The maximum Gasteiger partial charge on any atom is 0.472 e. The van der Waals surface area contributed by atoms with Gasteiger partial charge in [-0.1, -0.05) is 181 Å². The summed E-state index contributed by atoms with van der Waals surface area (Å²) in [4.78, 5) is 33.9. The summed E-state index contributed by atoms with van der Waals surface area (Å²) in [6.07, 6.45) is 61.9. The van der Waals surface area contributed by atoms with Crippen molar-refractivity contribution in [1.82, 2.24) is 5.32 Å². The van der Waals surface area contributed by atoms with E-state index in [1.165, 1.54) is 57.8 Å². The Morgan fingerprint density at radius 1 is 0.541 bits per heavy atom. The minimum absolute atomic E-state index is 0.0177. The molecule has 0 bridgehead atoms. The number of esters is 1. The molecule has 61 heavy (non-hydrogen) atoms. The predicted molar refractivity (Wildman–Crippen MR) is 256 cm³/mol. The van der Waals surface area contributed by atoms with Crippen molar-refractivity contribution in [2.24, 2.45) is 0 Å². The van der Waals surface area contributed by atoms with E-state index < -0.39 is 26.5 Å². The van der Waals surface area contributed by atoms with Crippen molar-refractivity contribution in [1.29, 1.82) is 0 Å². The molecule has 0 saturated carbocycles. The molecular weight excluding hydrogens is 786 g/mol. The molecule has 0 radical (unpaired) electrons. The summed E-state index contributed by atoms with van der Waals surface area (Å²) in [6, 6.07) is 0. The largest absolute Gasteiger partial charge is 0.472 e. The number of hydrogen-bond acceptors (Lipinski definition) is 7. The van der Waals surface area contributed by atoms with Crippen LogP contribution in [-0.2, 0) is 27.9 Å². The third-order valence-corrected chi connectivity index (χ3v) is 10.2. The number of unbranched alkanes of at least 4 members (excludes halogenated alkanes) is 12. The molecule has 0 heterocycles. The zero-order valence-corrected chi connectivity index (χ0v) is 39.0. The van der Waals surface area contributed by atoms with E-state index in [1.807, 2.05) is 12.2 Å². The molecule has 2 atom stereocenters. The normalized spacial score (nSPS) is 14.2. The van der Waals surface area contributed by atoms with Crippen LogP contribution in [0, 0.1) is 0 Å². The molecule has 0 rings (SSSR count). The summed E-state index contributed by atoms with van der Waals surface area (Å²) in [5.41, 5.74) is 0. The summed E-state index contributed by atoms with van der Waals surface area (Å²) < 4.78 is 26.9. The fraction of sp³-hybridized carbons (Fsp3) is 0.608. The highest BCUT2D eigenvalue weighted by Gasteiger charge is 2.23. The molecule has 0 spiro atoms. The first-order chi connectivity index (χ1) is 29.8. The second kappa shape index (κ2) is 46.2. The van der Waals surface area contributed by atoms with Gasteiger partial charge in [0.1, 0.15) is 12.7 Å². The van der Waals surface area contributed by atoms with Crippen molar-refractivity contribution in [3.63, 3.8) is 0 Å². The first-order valence-corrected chi connectivity index (χ1v) is 24.9. The number of phosphoric ester groups is 1. The van der Waals surface area contributed by atoms with Gasteiger partial charge in [0.05, 0.1) is 13.2 Å². The molecule has 0 aromatic carbocycles. The number of amides is 1. The quantitative estimate of drug-likeness (QED) is 0.0239. The SMILES string of the molecule is CC/C=C\C/C=C\C/C=C\C/C=C\C/C=C\C/C=C\C/C=C\CC(=O)NCCOP(=O)(O)OCC(O)COC(=O)CCCCCCCCCCC/C=C\C/C=C\CCCCC. The number of aliphatic hydroxyl groups is 1. The summed E-state index contributed by atoms with van der Waals surface area (Å²) in [6.45, 7) is 3.27.